The maximum Gasteiger partial charge on any atom is 0.276 e. The van der Waals surface area contributed by atoms with Crippen LogP contribution in [-0.2, 0) is 11.5 Å². The molecule has 2 aromatic carbocycles. The number of hydrogen-bond acceptors (Lipinski definition) is 8. The second-order valence-electron chi connectivity index (χ2n) is 7.93. The van der Waals surface area contributed by atoms with Crippen LogP contribution in [0.2, 0.25) is 0 Å². The number of anilines is 2. The molecule has 0 unspecified atom stereocenters. The normalized spacial score (nSPS) is 13.9. The SMILES string of the molecule is Cc1ccc(OCn2ccc(C(=O)Nc3ccc(N4CCOCC4)c4nonc34)n2)c(C)c1. The van der Waals surface area contributed by atoms with Crippen LogP contribution in [0, 0.1) is 13.8 Å². The molecule has 0 bridgehead atoms. The van der Waals surface area contributed by atoms with Crippen LogP contribution in [-0.4, -0.2) is 52.3 Å². The van der Waals surface area contributed by atoms with Gasteiger partial charge in [-0.2, -0.15) is 5.10 Å². The molecule has 0 spiro atoms. The van der Waals surface area contributed by atoms with E-state index in [0.717, 1.165) is 30.1 Å². The van der Waals surface area contributed by atoms with E-state index in [1.54, 1.807) is 23.0 Å². The first-order chi connectivity index (χ1) is 16.1. The van der Waals surface area contributed by atoms with Crippen molar-refractivity contribution in [2.45, 2.75) is 20.6 Å². The van der Waals surface area contributed by atoms with Gasteiger partial charge in [-0.15, -0.1) is 0 Å². The fraction of sp³-hybridized carbons (Fsp3) is 0.304. The summed E-state index contributed by atoms with van der Waals surface area (Å²) in [5.74, 6) is 0.423. The molecule has 4 aromatic rings. The number of benzene rings is 2. The van der Waals surface area contributed by atoms with Gasteiger partial charge in [0.15, 0.2) is 23.5 Å². The van der Waals surface area contributed by atoms with Crippen molar-refractivity contribution < 1.29 is 18.9 Å². The predicted octanol–water partition coefficient (Wildman–Crippen LogP) is 3.16. The van der Waals surface area contributed by atoms with Crippen molar-refractivity contribution >= 4 is 28.3 Å². The summed E-state index contributed by atoms with van der Waals surface area (Å²) in [5.41, 5.74) is 4.99. The molecule has 0 radical (unpaired) electrons. The molecule has 1 fully saturated rings. The number of aromatic nitrogens is 4. The van der Waals surface area contributed by atoms with Crippen molar-refractivity contribution in [3.8, 4) is 5.75 Å². The predicted molar refractivity (Wildman–Crippen MR) is 122 cm³/mol. The number of carbonyl (C=O) groups excluding carboxylic acids is 1. The number of nitrogens with zero attached hydrogens (tertiary/aromatic N) is 5. The first-order valence-corrected chi connectivity index (χ1v) is 10.7. The van der Waals surface area contributed by atoms with E-state index in [9.17, 15) is 4.79 Å². The van der Waals surface area contributed by atoms with E-state index in [2.05, 4.69) is 31.7 Å². The molecule has 5 rings (SSSR count). The summed E-state index contributed by atoms with van der Waals surface area (Å²) in [5, 5.41) is 15.2. The van der Waals surface area contributed by atoms with Crippen molar-refractivity contribution in [3.05, 3.63) is 59.4 Å². The molecule has 10 nitrogen and oxygen atoms in total. The van der Waals surface area contributed by atoms with Gasteiger partial charge in [0.2, 0.25) is 0 Å². The second kappa shape index (κ2) is 8.91. The Morgan fingerprint density at radius 2 is 1.91 bits per heavy atom. The summed E-state index contributed by atoms with van der Waals surface area (Å²) in [6, 6.07) is 11.3. The molecular weight excluding hydrogens is 424 g/mol. The Labute approximate surface area is 190 Å². The van der Waals surface area contributed by atoms with Gasteiger partial charge in [-0.1, -0.05) is 17.7 Å². The van der Waals surface area contributed by atoms with Crippen molar-refractivity contribution in [1.82, 2.24) is 20.1 Å². The van der Waals surface area contributed by atoms with Crippen molar-refractivity contribution in [2.24, 2.45) is 0 Å². The molecule has 1 N–H and O–H groups in total. The van der Waals surface area contributed by atoms with Gasteiger partial charge >= 0.3 is 0 Å². The zero-order chi connectivity index (χ0) is 22.8. The van der Waals surface area contributed by atoms with Crippen LogP contribution in [0.3, 0.4) is 0 Å². The first kappa shape index (κ1) is 21.0. The quantitative estimate of drug-likeness (QED) is 0.479. The maximum absolute atomic E-state index is 12.8. The number of nitrogens with one attached hydrogen (secondary N) is 1. The van der Waals surface area contributed by atoms with Crippen molar-refractivity contribution in [2.75, 3.05) is 36.5 Å². The molecule has 1 saturated heterocycles. The van der Waals surface area contributed by atoms with Crippen LogP contribution >= 0.6 is 0 Å². The Kier molecular flexibility index (Phi) is 5.66. The summed E-state index contributed by atoms with van der Waals surface area (Å²) >= 11 is 0. The summed E-state index contributed by atoms with van der Waals surface area (Å²) in [6.45, 7) is 7.05. The number of amides is 1. The van der Waals surface area contributed by atoms with Gasteiger partial charge in [0.25, 0.3) is 5.91 Å². The molecule has 33 heavy (non-hydrogen) atoms. The lowest BCUT2D eigenvalue weighted by atomic mass is 10.1. The number of hydrogen-bond donors (Lipinski definition) is 1. The molecule has 1 amide bonds. The molecular formula is C23H24N6O4. The molecule has 10 heteroatoms. The monoisotopic (exact) mass is 448 g/mol. The smallest absolute Gasteiger partial charge is 0.276 e. The zero-order valence-corrected chi connectivity index (χ0v) is 18.4. The minimum Gasteiger partial charge on any atom is -0.471 e. The molecule has 0 atom stereocenters. The minimum absolute atomic E-state index is 0.197. The lowest BCUT2D eigenvalue weighted by Crippen LogP contribution is -2.36. The summed E-state index contributed by atoms with van der Waals surface area (Å²) < 4.78 is 17.8. The molecule has 1 aliphatic heterocycles. The standard InChI is InChI=1S/C23H24N6O4/c1-15-3-6-20(16(2)13-15)32-14-29-8-7-18(25-29)23(30)24-17-4-5-19(22-21(17)26-33-27-22)28-9-11-31-12-10-28/h3-8,13H,9-12,14H2,1-2H3,(H,24,30). The average molecular weight is 448 g/mol. The van der Waals surface area contributed by atoms with Crippen molar-refractivity contribution in [1.29, 1.82) is 0 Å². The third-order valence-corrected chi connectivity index (χ3v) is 5.55. The van der Waals surface area contributed by atoms with Crippen LogP contribution in [0.15, 0.2) is 47.2 Å². The van der Waals surface area contributed by atoms with E-state index < -0.39 is 0 Å². The van der Waals surface area contributed by atoms with Crippen LogP contribution in [0.4, 0.5) is 11.4 Å². The zero-order valence-electron chi connectivity index (χ0n) is 18.4. The van der Waals surface area contributed by atoms with Crippen LogP contribution in [0.25, 0.3) is 11.0 Å². The van der Waals surface area contributed by atoms with E-state index >= 15 is 0 Å². The summed E-state index contributed by atoms with van der Waals surface area (Å²) in [7, 11) is 0. The van der Waals surface area contributed by atoms with E-state index in [4.69, 9.17) is 14.1 Å². The summed E-state index contributed by atoms with van der Waals surface area (Å²) in [6.07, 6.45) is 1.70. The highest BCUT2D eigenvalue weighted by atomic mass is 16.6. The van der Waals surface area contributed by atoms with E-state index in [1.165, 1.54) is 5.56 Å². The van der Waals surface area contributed by atoms with Gasteiger partial charge in [0.1, 0.15) is 5.75 Å². The van der Waals surface area contributed by atoms with E-state index in [-0.39, 0.29) is 18.3 Å². The maximum atomic E-state index is 12.8. The number of morpholine rings is 1. The van der Waals surface area contributed by atoms with Crippen LogP contribution in [0.1, 0.15) is 21.6 Å². The second-order valence-corrected chi connectivity index (χ2v) is 7.93. The fourth-order valence-corrected chi connectivity index (χ4v) is 3.85. The van der Waals surface area contributed by atoms with Gasteiger partial charge in [0, 0.05) is 19.3 Å². The number of aryl methyl sites for hydroxylation is 2. The van der Waals surface area contributed by atoms with Gasteiger partial charge in [-0.25, -0.2) is 9.31 Å². The Morgan fingerprint density at radius 3 is 2.73 bits per heavy atom. The molecule has 170 valence electrons. The van der Waals surface area contributed by atoms with Gasteiger partial charge in [-0.05, 0) is 54.0 Å². The highest BCUT2D eigenvalue weighted by molar-refractivity contribution is 6.08. The number of rotatable bonds is 6. The number of ether oxygens (including phenoxy) is 2. The largest absolute Gasteiger partial charge is 0.471 e. The Balaban J connectivity index is 1.28. The molecule has 0 aliphatic carbocycles. The summed E-state index contributed by atoms with van der Waals surface area (Å²) in [4.78, 5) is 15.0. The van der Waals surface area contributed by atoms with Crippen molar-refractivity contribution in [3.63, 3.8) is 0 Å². The Bertz CT molecular complexity index is 1290. The third-order valence-electron chi connectivity index (χ3n) is 5.55. The van der Waals surface area contributed by atoms with Crippen LogP contribution in [0.5, 0.6) is 5.75 Å². The van der Waals surface area contributed by atoms with Gasteiger partial charge in [-0.3, -0.25) is 4.79 Å². The fourth-order valence-electron chi connectivity index (χ4n) is 3.85. The van der Waals surface area contributed by atoms with E-state index in [1.807, 2.05) is 32.0 Å². The first-order valence-electron chi connectivity index (χ1n) is 10.7. The topological polar surface area (TPSA) is 108 Å². The van der Waals surface area contributed by atoms with Gasteiger partial charge < -0.3 is 19.7 Å². The Hall–Kier alpha value is -3.92. The van der Waals surface area contributed by atoms with Crippen LogP contribution < -0.4 is 15.0 Å². The highest BCUT2D eigenvalue weighted by Crippen LogP contribution is 2.30. The highest BCUT2D eigenvalue weighted by Gasteiger charge is 2.20. The minimum atomic E-state index is -0.358. The number of carbonyl (C=O) groups is 1. The number of fused-ring (bicyclic) bond motifs is 1. The third kappa shape index (κ3) is 4.37. The van der Waals surface area contributed by atoms with Gasteiger partial charge in [0.05, 0.1) is 24.6 Å². The molecule has 3 heterocycles. The lowest BCUT2D eigenvalue weighted by Gasteiger charge is -2.28. The molecule has 0 saturated carbocycles. The molecule has 2 aromatic heterocycles. The molecule has 1 aliphatic rings. The van der Waals surface area contributed by atoms with E-state index in [0.29, 0.717) is 29.9 Å². The lowest BCUT2D eigenvalue weighted by molar-refractivity contribution is 0.102. The Morgan fingerprint density at radius 1 is 1.09 bits per heavy atom. The average Bonchev–Trinajstić information content (AvgIpc) is 3.50.